The number of para-hydroxylation sites is 1. The summed E-state index contributed by atoms with van der Waals surface area (Å²) in [6, 6.07) is 60.8. The van der Waals surface area contributed by atoms with Gasteiger partial charge in [0.15, 0.2) is 0 Å². The molecule has 3 aromatic heterocycles. The van der Waals surface area contributed by atoms with Crippen molar-refractivity contribution in [2.24, 2.45) is 0 Å². The van der Waals surface area contributed by atoms with E-state index in [1.165, 1.54) is 112 Å². The normalized spacial score (nSPS) is 12.0. The van der Waals surface area contributed by atoms with E-state index in [0.29, 0.717) is 0 Å². The molecule has 0 radical (unpaired) electrons. The molecule has 11 aromatic rings. The lowest BCUT2D eigenvalue weighted by Crippen LogP contribution is -1.93. The fourth-order valence-corrected chi connectivity index (χ4v) is 11.0. The second-order valence-corrected chi connectivity index (χ2v) is 16.3. The van der Waals surface area contributed by atoms with Gasteiger partial charge in [-0.25, -0.2) is 0 Å². The van der Waals surface area contributed by atoms with Gasteiger partial charge in [0.2, 0.25) is 0 Å². The Morgan fingerprint density at radius 3 is 1.81 bits per heavy atom. The summed E-state index contributed by atoms with van der Waals surface area (Å²) in [6.07, 6.45) is 0. The van der Waals surface area contributed by atoms with Crippen LogP contribution in [0.25, 0.3) is 101 Å². The van der Waals surface area contributed by atoms with Crippen LogP contribution < -0.4 is 0 Å². The number of aryl methyl sites for hydroxylation is 2. The molecular weight excluding hydrogens is 679 g/mol. The molecular formula is C50H33NS2. The fourth-order valence-electron chi connectivity index (χ4n) is 8.62. The van der Waals surface area contributed by atoms with Crippen molar-refractivity contribution in [3.8, 4) is 39.1 Å². The summed E-state index contributed by atoms with van der Waals surface area (Å²) in [5.74, 6) is 0. The van der Waals surface area contributed by atoms with Crippen LogP contribution in [0.2, 0.25) is 0 Å². The zero-order valence-electron chi connectivity index (χ0n) is 29.4. The van der Waals surface area contributed by atoms with Gasteiger partial charge in [-0.1, -0.05) is 109 Å². The van der Waals surface area contributed by atoms with Crippen LogP contribution in [-0.2, 0) is 0 Å². The summed E-state index contributed by atoms with van der Waals surface area (Å²) in [5.41, 5.74) is 13.9. The van der Waals surface area contributed by atoms with Gasteiger partial charge >= 0.3 is 0 Å². The van der Waals surface area contributed by atoms with E-state index in [-0.39, 0.29) is 0 Å². The van der Waals surface area contributed by atoms with Crippen LogP contribution in [0, 0.1) is 13.8 Å². The molecule has 0 aliphatic carbocycles. The average Bonchev–Trinajstić information content (AvgIpc) is 3.88. The fraction of sp³-hybridized carbons (Fsp3) is 0.0400. The topological polar surface area (TPSA) is 4.93 Å². The first-order chi connectivity index (χ1) is 26.1. The molecule has 1 nitrogen and oxygen atoms in total. The van der Waals surface area contributed by atoms with E-state index < -0.39 is 0 Å². The standard InChI is InChI=1S/C50H33NS2/c1-30-27-32(19-22-36(30)37-23-26-48-49(31(37)2)41-14-7-9-18-47(41)52-48)33-20-24-44-42(28-33)43-29-34(21-25-45(43)51(44)35-11-4-3-5-12-35)38-15-10-16-40-39-13-6-8-17-46(39)53-50(38)40/h3-29H,1-2H3. The maximum atomic E-state index is 2.42. The zero-order valence-corrected chi connectivity index (χ0v) is 31.0. The van der Waals surface area contributed by atoms with Crippen molar-refractivity contribution in [3.63, 3.8) is 0 Å². The van der Waals surface area contributed by atoms with Gasteiger partial charge in [0.1, 0.15) is 0 Å². The molecule has 0 amide bonds. The largest absolute Gasteiger partial charge is 0.309 e. The molecule has 0 saturated heterocycles. The van der Waals surface area contributed by atoms with Gasteiger partial charge in [-0.2, -0.15) is 0 Å². The van der Waals surface area contributed by atoms with Crippen molar-refractivity contribution in [1.29, 1.82) is 0 Å². The average molecular weight is 712 g/mol. The molecule has 250 valence electrons. The van der Waals surface area contributed by atoms with Gasteiger partial charge in [-0.05, 0) is 113 Å². The van der Waals surface area contributed by atoms with Crippen LogP contribution in [0.4, 0.5) is 0 Å². The number of rotatable bonds is 4. The number of nitrogens with zero attached hydrogens (tertiary/aromatic N) is 1. The minimum Gasteiger partial charge on any atom is -0.309 e. The van der Waals surface area contributed by atoms with Crippen LogP contribution in [0.1, 0.15) is 11.1 Å². The molecule has 0 bridgehead atoms. The number of thiophene rings is 2. The minimum absolute atomic E-state index is 1.17. The lowest BCUT2D eigenvalue weighted by Gasteiger charge is -2.13. The molecule has 53 heavy (non-hydrogen) atoms. The van der Waals surface area contributed by atoms with Crippen molar-refractivity contribution < 1.29 is 0 Å². The summed E-state index contributed by atoms with van der Waals surface area (Å²) in [6.45, 7) is 4.55. The summed E-state index contributed by atoms with van der Waals surface area (Å²) in [7, 11) is 0. The predicted molar refractivity (Wildman–Crippen MR) is 232 cm³/mol. The molecule has 0 fully saturated rings. The van der Waals surface area contributed by atoms with E-state index in [2.05, 4.69) is 182 Å². The predicted octanol–water partition coefficient (Wildman–Crippen LogP) is 15.1. The Morgan fingerprint density at radius 1 is 0.396 bits per heavy atom. The van der Waals surface area contributed by atoms with Gasteiger partial charge in [0, 0.05) is 56.8 Å². The molecule has 0 unspecified atom stereocenters. The smallest absolute Gasteiger partial charge is 0.0541 e. The second kappa shape index (κ2) is 11.8. The number of aromatic nitrogens is 1. The summed E-state index contributed by atoms with van der Waals surface area (Å²) in [4.78, 5) is 0. The van der Waals surface area contributed by atoms with E-state index in [1.807, 2.05) is 22.7 Å². The Balaban J connectivity index is 1.07. The molecule has 8 aromatic carbocycles. The Labute approximate surface area is 315 Å². The highest BCUT2D eigenvalue weighted by Crippen LogP contribution is 2.44. The van der Waals surface area contributed by atoms with E-state index >= 15 is 0 Å². The molecule has 11 rings (SSSR count). The maximum absolute atomic E-state index is 2.42. The number of fused-ring (bicyclic) bond motifs is 9. The highest BCUT2D eigenvalue weighted by atomic mass is 32.1. The van der Waals surface area contributed by atoms with Crippen LogP contribution >= 0.6 is 22.7 Å². The van der Waals surface area contributed by atoms with Crippen molar-refractivity contribution in [3.05, 3.63) is 175 Å². The lowest BCUT2D eigenvalue weighted by atomic mass is 9.91. The van der Waals surface area contributed by atoms with Crippen LogP contribution in [0.15, 0.2) is 164 Å². The van der Waals surface area contributed by atoms with E-state index in [4.69, 9.17) is 0 Å². The third-order valence-electron chi connectivity index (χ3n) is 11.1. The van der Waals surface area contributed by atoms with Crippen LogP contribution in [-0.4, -0.2) is 4.57 Å². The molecule has 0 saturated carbocycles. The first-order valence-electron chi connectivity index (χ1n) is 18.2. The van der Waals surface area contributed by atoms with Gasteiger partial charge in [0.05, 0.1) is 11.0 Å². The zero-order chi connectivity index (χ0) is 35.2. The number of benzene rings is 8. The minimum atomic E-state index is 1.17. The molecule has 3 heteroatoms. The Kier molecular flexibility index (Phi) is 6.79. The molecule has 0 N–H and O–H groups in total. The van der Waals surface area contributed by atoms with Crippen molar-refractivity contribution in [2.45, 2.75) is 13.8 Å². The molecule has 0 atom stereocenters. The molecule has 0 aliphatic rings. The van der Waals surface area contributed by atoms with Gasteiger partial charge in [-0.3, -0.25) is 0 Å². The van der Waals surface area contributed by atoms with E-state index in [1.54, 1.807) is 0 Å². The Bertz CT molecular complexity index is 3250. The van der Waals surface area contributed by atoms with Gasteiger partial charge < -0.3 is 4.57 Å². The van der Waals surface area contributed by atoms with Gasteiger partial charge in [-0.15, -0.1) is 22.7 Å². The molecule has 3 heterocycles. The molecule has 0 spiro atoms. The van der Waals surface area contributed by atoms with E-state index in [0.717, 1.165) is 0 Å². The Hall–Kier alpha value is -6.00. The van der Waals surface area contributed by atoms with Crippen molar-refractivity contribution in [1.82, 2.24) is 4.57 Å². The van der Waals surface area contributed by atoms with Crippen molar-refractivity contribution in [2.75, 3.05) is 0 Å². The maximum Gasteiger partial charge on any atom is 0.0541 e. The van der Waals surface area contributed by atoms with Crippen LogP contribution in [0.5, 0.6) is 0 Å². The highest BCUT2D eigenvalue weighted by molar-refractivity contribution is 7.26. The third-order valence-corrected chi connectivity index (χ3v) is 13.5. The SMILES string of the molecule is Cc1cc(-c2ccc3c(c2)c2cc(-c4cccc5c4sc4ccccc45)ccc2n3-c2ccccc2)ccc1-c1ccc2sc3ccccc3c2c1C. The summed E-state index contributed by atoms with van der Waals surface area (Å²) in [5, 5.41) is 7.93. The monoisotopic (exact) mass is 711 g/mol. The highest BCUT2D eigenvalue weighted by Gasteiger charge is 2.18. The first-order valence-corrected chi connectivity index (χ1v) is 19.8. The first kappa shape index (κ1) is 30.6. The number of hydrogen-bond donors (Lipinski definition) is 0. The summed E-state index contributed by atoms with van der Waals surface area (Å²) < 4.78 is 7.80. The number of hydrogen-bond acceptors (Lipinski definition) is 2. The summed E-state index contributed by atoms with van der Waals surface area (Å²) >= 11 is 3.78. The Morgan fingerprint density at radius 2 is 1.02 bits per heavy atom. The van der Waals surface area contributed by atoms with E-state index in [9.17, 15) is 0 Å². The van der Waals surface area contributed by atoms with Crippen molar-refractivity contribution >= 4 is 84.8 Å². The lowest BCUT2D eigenvalue weighted by molar-refractivity contribution is 1.18. The van der Waals surface area contributed by atoms with Gasteiger partial charge in [0.25, 0.3) is 0 Å². The quantitative estimate of drug-likeness (QED) is 0.171. The van der Waals surface area contributed by atoms with Crippen LogP contribution in [0.3, 0.4) is 0 Å². The third kappa shape index (κ3) is 4.68. The second-order valence-electron chi connectivity index (χ2n) is 14.2. The molecule has 0 aliphatic heterocycles.